The van der Waals surface area contributed by atoms with E-state index in [1.807, 2.05) is 31.2 Å². The van der Waals surface area contributed by atoms with Gasteiger partial charge in [-0.05, 0) is 129 Å². The van der Waals surface area contributed by atoms with Gasteiger partial charge in [0.1, 0.15) is 0 Å². The summed E-state index contributed by atoms with van der Waals surface area (Å²) >= 11 is 0. The van der Waals surface area contributed by atoms with E-state index in [0.29, 0.717) is 58.3 Å². The van der Waals surface area contributed by atoms with Crippen LogP contribution in [0.15, 0.2) is 97.3 Å². The fraction of sp³-hybridized carbons (Fsp3) is 0.319. The van der Waals surface area contributed by atoms with Crippen LogP contribution in [0.1, 0.15) is 124 Å². The van der Waals surface area contributed by atoms with Gasteiger partial charge in [0.25, 0.3) is 11.8 Å². The van der Waals surface area contributed by atoms with Crippen molar-refractivity contribution in [2.24, 2.45) is 0 Å². The summed E-state index contributed by atoms with van der Waals surface area (Å²) in [6.07, 6.45) is 10.8. The summed E-state index contributed by atoms with van der Waals surface area (Å²) in [5.41, 5.74) is 6.70. The zero-order valence-corrected chi connectivity index (χ0v) is 32.8. The fourth-order valence-corrected chi connectivity index (χ4v) is 7.85. The first kappa shape index (κ1) is 40.2. The van der Waals surface area contributed by atoms with Crippen molar-refractivity contribution in [2.75, 3.05) is 0 Å². The molecule has 0 aliphatic heterocycles. The first-order valence-corrected chi connectivity index (χ1v) is 20.0. The van der Waals surface area contributed by atoms with Gasteiger partial charge >= 0.3 is 6.18 Å². The highest BCUT2D eigenvalue weighted by molar-refractivity contribution is 5.99. The van der Waals surface area contributed by atoms with Crippen molar-refractivity contribution in [3.63, 3.8) is 0 Å². The zero-order valence-electron chi connectivity index (χ0n) is 32.8. The molecule has 2 aromatic carbocycles. The van der Waals surface area contributed by atoms with Crippen molar-refractivity contribution >= 4 is 39.5 Å². The van der Waals surface area contributed by atoms with Crippen molar-refractivity contribution in [3.05, 3.63) is 148 Å². The Bertz CT molecular complexity index is 2460. The molecular formula is C47H47F3N6O2. The van der Waals surface area contributed by atoms with Gasteiger partial charge in [-0.3, -0.25) is 9.59 Å². The molecule has 0 bridgehead atoms. The normalized spacial score (nSPS) is 14.7. The average Bonchev–Trinajstić information content (AvgIpc) is 3.25. The number of benzene rings is 2. The Morgan fingerprint density at radius 3 is 1.81 bits per heavy atom. The van der Waals surface area contributed by atoms with Crippen LogP contribution in [0.4, 0.5) is 13.2 Å². The number of halogens is 3. The van der Waals surface area contributed by atoms with E-state index in [1.54, 1.807) is 43.6 Å². The minimum atomic E-state index is -4.46. The molecule has 1 saturated carbocycles. The molecule has 0 unspecified atom stereocenters. The van der Waals surface area contributed by atoms with Crippen molar-refractivity contribution in [1.82, 2.24) is 30.6 Å². The van der Waals surface area contributed by atoms with E-state index in [9.17, 15) is 22.8 Å². The van der Waals surface area contributed by atoms with Gasteiger partial charge in [0, 0.05) is 36.3 Å². The van der Waals surface area contributed by atoms with Gasteiger partial charge in [0.15, 0.2) is 11.3 Å². The molecule has 0 saturated heterocycles. The number of nitrogens with zero attached hydrogens (tertiary/aromatic N) is 4. The lowest BCUT2D eigenvalue weighted by Gasteiger charge is -2.22. The Morgan fingerprint density at radius 2 is 1.26 bits per heavy atom. The Balaban J connectivity index is 0.000000178. The Hall–Kier alpha value is -5.97. The van der Waals surface area contributed by atoms with Gasteiger partial charge in [0.2, 0.25) is 0 Å². The minimum absolute atomic E-state index is 0.00818. The maximum Gasteiger partial charge on any atom is 0.417 e. The number of pyridine rings is 4. The molecule has 11 heteroatoms. The maximum absolute atomic E-state index is 13.7. The molecule has 0 spiro atoms. The van der Waals surface area contributed by atoms with Crippen molar-refractivity contribution in [2.45, 2.75) is 96.8 Å². The van der Waals surface area contributed by atoms with E-state index in [2.05, 4.69) is 54.8 Å². The molecule has 2 N–H and O–H groups in total. The number of hydrogen-bond acceptors (Lipinski definition) is 6. The lowest BCUT2D eigenvalue weighted by atomic mass is 9.84. The van der Waals surface area contributed by atoms with E-state index in [0.717, 1.165) is 47.2 Å². The van der Waals surface area contributed by atoms with Crippen LogP contribution in [0.3, 0.4) is 0 Å². The van der Waals surface area contributed by atoms with E-state index < -0.39 is 11.7 Å². The summed E-state index contributed by atoms with van der Waals surface area (Å²) in [7, 11) is 0. The predicted octanol–water partition coefficient (Wildman–Crippen LogP) is 10.8. The summed E-state index contributed by atoms with van der Waals surface area (Å²) in [6.45, 7) is 4.07. The van der Waals surface area contributed by atoms with Gasteiger partial charge in [-0.2, -0.15) is 13.2 Å². The predicted molar refractivity (Wildman–Crippen MR) is 221 cm³/mol. The molecule has 0 atom stereocenters. The summed E-state index contributed by atoms with van der Waals surface area (Å²) in [6, 6.07) is 23.9. The van der Waals surface area contributed by atoms with Crippen molar-refractivity contribution in [1.29, 1.82) is 0 Å². The second-order valence-corrected chi connectivity index (χ2v) is 15.1. The number of aromatic nitrogens is 4. The SMILES string of the molecule is Cc1nc2ncccc2cc1C(=O)NCc1ccc(C2=CCCCC2)c(C(F)(F)F)c1.Cc1nc2ncccc2cc1C(=O)NCc1ccc(C2CCCCC2)cc1. The molecule has 58 heavy (non-hydrogen) atoms. The number of alkyl halides is 3. The summed E-state index contributed by atoms with van der Waals surface area (Å²) in [5, 5.41) is 7.34. The van der Waals surface area contributed by atoms with Gasteiger partial charge < -0.3 is 10.6 Å². The third kappa shape index (κ3) is 9.76. The molecule has 2 aliphatic rings. The highest BCUT2D eigenvalue weighted by Gasteiger charge is 2.34. The smallest absolute Gasteiger partial charge is 0.348 e. The lowest BCUT2D eigenvalue weighted by Crippen LogP contribution is -2.24. The van der Waals surface area contributed by atoms with E-state index in [4.69, 9.17) is 0 Å². The maximum atomic E-state index is 13.7. The number of amides is 2. The topological polar surface area (TPSA) is 110 Å². The van der Waals surface area contributed by atoms with Gasteiger partial charge in [0.05, 0.1) is 28.1 Å². The van der Waals surface area contributed by atoms with Crippen LogP contribution >= 0.6 is 0 Å². The largest absolute Gasteiger partial charge is 0.417 e. The molecule has 4 aromatic heterocycles. The number of carbonyl (C=O) groups is 2. The Morgan fingerprint density at radius 1 is 0.690 bits per heavy atom. The number of rotatable bonds is 8. The van der Waals surface area contributed by atoms with Gasteiger partial charge in [-0.25, -0.2) is 19.9 Å². The standard InChI is InChI=1S/C24H22F3N3O.C23H25N3O/c1-15-20(13-18-8-5-11-28-22(18)30-15)23(31)29-14-16-9-10-19(17-6-3-2-4-7-17)21(12-16)24(25,26)27;1-16-21(14-20-8-5-13-24-22(20)26-16)23(27)25-15-17-9-11-19(12-10-17)18-6-3-2-4-7-18/h5-6,8-13H,2-4,7,14H2,1H3,(H,29,31);5,8-14,18H,2-4,6-7,15H2,1H3,(H,25,27). The first-order valence-electron chi connectivity index (χ1n) is 20.0. The van der Waals surface area contributed by atoms with Gasteiger partial charge in [-0.1, -0.05) is 61.7 Å². The molecule has 2 aliphatic carbocycles. The molecule has 8 rings (SSSR count). The van der Waals surface area contributed by atoms with Gasteiger partial charge in [-0.15, -0.1) is 0 Å². The fourth-order valence-electron chi connectivity index (χ4n) is 7.85. The number of allylic oxidation sites excluding steroid dienone is 2. The average molecular weight is 785 g/mol. The molecule has 4 heterocycles. The molecule has 1 fully saturated rings. The Labute approximate surface area is 336 Å². The van der Waals surface area contributed by atoms with Crippen LogP contribution in [-0.4, -0.2) is 31.8 Å². The monoisotopic (exact) mass is 784 g/mol. The Kier molecular flexibility index (Phi) is 12.5. The van der Waals surface area contributed by atoms with Crippen LogP contribution in [0.2, 0.25) is 0 Å². The second kappa shape index (κ2) is 18.1. The van der Waals surface area contributed by atoms with E-state index in [1.165, 1.54) is 43.7 Å². The molecule has 298 valence electrons. The summed E-state index contributed by atoms with van der Waals surface area (Å²) in [4.78, 5) is 42.5. The quantitative estimate of drug-likeness (QED) is 0.159. The summed E-state index contributed by atoms with van der Waals surface area (Å²) in [5.74, 6) is 0.229. The highest BCUT2D eigenvalue weighted by Crippen LogP contribution is 2.38. The molecule has 2 amide bonds. The lowest BCUT2D eigenvalue weighted by molar-refractivity contribution is -0.137. The second-order valence-electron chi connectivity index (χ2n) is 15.1. The summed E-state index contributed by atoms with van der Waals surface area (Å²) < 4.78 is 41.2. The number of hydrogen-bond donors (Lipinski definition) is 2. The zero-order chi connectivity index (χ0) is 40.6. The number of fused-ring (bicyclic) bond motifs is 2. The number of aryl methyl sites for hydroxylation is 2. The van der Waals surface area contributed by atoms with Crippen LogP contribution in [0.5, 0.6) is 0 Å². The number of nitrogens with one attached hydrogen (secondary N) is 2. The first-order chi connectivity index (χ1) is 28.0. The van der Waals surface area contributed by atoms with Crippen LogP contribution in [-0.2, 0) is 19.3 Å². The van der Waals surface area contributed by atoms with Crippen molar-refractivity contribution < 1.29 is 22.8 Å². The van der Waals surface area contributed by atoms with Crippen LogP contribution in [0.25, 0.3) is 27.6 Å². The van der Waals surface area contributed by atoms with Crippen molar-refractivity contribution in [3.8, 4) is 0 Å². The van der Waals surface area contributed by atoms with E-state index >= 15 is 0 Å². The van der Waals surface area contributed by atoms with Crippen LogP contribution in [0, 0.1) is 13.8 Å². The van der Waals surface area contributed by atoms with E-state index in [-0.39, 0.29) is 23.9 Å². The number of carbonyl (C=O) groups excluding carboxylic acids is 2. The highest BCUT2D eigenvalue weighted by atomic mass is 19.4. The third-order valence-corrected chi connectivity index (χ3v) is 11.0. The minimum Gasteiger partial charge on any atom is -0.348 e. The molecule has 6 aromatic rings. The molecule has 0 radical (unpaired) electrons. The molecular weight excluding hydrogens is 738 g/mol. The van der Waals surface area contributed by atoms with Crippen LogP contribution < -0.4 is 10.6 Å². The third-order valence-electron chi connectivity index (χ3n) is 11.0. The molecule has 8 nitrogen and oxygen atoms in total.